The molecular formula is C8H8F2O10. The molecule has 0 aromatic carbocycles. The standard InChI is InChI=1S/C8H8F2O10/c9-19-15-3-5(11)1-7(13)17-18-8(14)2-6(12)4-16-20-10/h1-4H2. The minimum absolute atomic E-state index is 0.862. The van der Waals surface area contributed by atoms with Gasteiger partial charge < -0.3 is 0 Å². The highest BCUT2D eigenvalue weighted by Gasteiger charge is 2.17. The third kappa shape index (κ3) is 9.95. The van der Waals surface area contributed by atoms with Crippen LogP contribution < -0.4 is 0 Å². The van der Waals surface area contributed by atoms with Crippen LogP contribution in [0, 0.1) is 0 Å². The summed E-state index contributed by atoms with van der Waals surface area (Å²) in [4.78, 5) is 58.3. The normalized spacial score (nSPS) is 9.90. The monoisotopic (exact) mass is 302 g/mol. The lowest BCUT2D eigenvalue weighted by Gasteiger charge is -2.02. The van der Waals surface area contributed by atoms with E-state index in [0.717, 1.165) is 0 Å². The second kappa shape index (κ2) is 10.9. The lowest BCUT2D eigenvalue weighted by atomic mass is 10.3. The van der Waals surface area contributed by atoms with E-state index in [9.17, 15) is 28.2 Å². The summed E-state index contributed by atoms with van der Waals surface area (Å²) in [5, 5.41) is 5.25. The molecule has 0 aliphatic heterocycles. The summed E-state index contributed by atoms with van der Waals surface area (Å²) in [5.41, 5.74) is 0. The van der Waals surface area contributed by atoms with E-state index in [1.807, 2.05) is 0 Å². The molecule has 0 unspecified atom stereocenters. The Bertz CT molecular complexity index is 323. The van der Waals surface area contributed by atoms with Crippen molar-refractivity contribution in [1.82, 2.24) is 0 Å². The van der Waals surface area contributed by atoms with Gasteiger partial charge in [-0.15, -0.1) is 0 Å². The quantitative estimate of drug-likeness (QED) is 0.298. The number of ketones is 2. The van der Waals surface area contributed by atoms with Crippen LogP contribution in [-0.4, -0.2) is 36.7 Å². The fourth-order valence-electron chi connectivity index (χ4n) is 0.752. The Kier molecular flexibility index (Phi) is 9.76. The molecule has 0 rings (SSSR count). The SMILES string of the molecule is O=C(COOF)CC(=O)OOC(=O)CC(=O)COOF. The maximum Gasteiger partial charge on any atom is 0.363 e. The van der Waals surface area contributed by atoms with E-state index in [1.165, 1.54) is 0 Å². The van der Waals surface area contributed by atoms with Gasteiger partial charge in [0.25, 0.3) is 0 Å². The van der Waals surface area contributed by atoms with Gasteiger partial charge in [-0.25, -0.2) is 19.4 Å². The summed E-state index contributed by atoms with van der Waals surface area (Å²) in [6.07, 6.45) is -1.77. The number of carbonyl (C=O) groups is 4. The van der Waals surface area contributed by atoms with E-state index >= 15 is 0 Å². The van der Waals surface area contributed by atoms with Crippen molar-refractivity contribution in [2.45, 2.75) is 12.8 Å². The molecule has 0 fully saturated rings. The Hall–Kier alpha value is -2.02. The maximum atomic E-state index is 11.0. The minimum Gasteiger partial charge on any atom is -0.296 e. The molecular weight excluding hydrogens is 294 g/mol. The molecule has 0 amide bonds. The number of halogens is 2. The summed E-state index contributed by atoms with van der Waals surface area (Å²) in [5.74, 6) is -4.43. The first-order chi connectivity index (χ1) is 9.49. The highest BCUT2D eigenvalue weighted by Crippen LogP contribution is 1.96. The van der Waals surface area contributed by atoms with Gasteiger partial charge in [0.15, 0.2) is 11.6 Å². The number of Topliss-reactive ketones (excluding diaryl/α,β-unsaturated/α-hetero) is 2. The Morgan fingerprint density at radius 1 is 0.700 bits per heavy atom. The van der Waals surface area contributed by atoms with E-state index in [2.05, 4.69) is 29.7 Å². The first-order valence-corrected chi connectivity index (χ1v) is 4.73. The molecule has 0 bridgehead atoms. The summed E-state index contributed by atoms with van der Waals surface area (Å²) >= 11 is 0. The predicted octanol–water partition coefficient (Wildman–Crippen LogP) is -0.428. The molecule has 0 aromatic heterocycles. The zero-order valence-electron chi connectivity index (χ0n) is 9.67. The lowest BCUT2D eigenvalue weighted by Crippen LogP contribution is -2.20. The van der Waals surface area contributed by atoms with Crippen LogP contribution in [0.1, 0.15) is 12.8 Å². The fourth-order valence-corrected chi connectivity index (χ4v) is 0.752. The van der Waals surface area contributed by atoms with Gasteiger partial charge in [0.2, 0.25) is 0 Å². The molecule has 0 aromatic rings. The van der Waals surface area contributed by atoms with E-state index < -0.39 is 49.6 Å². The third-order valence-corrected chi connectivity index (χ3v) is 1.44. The molecule has 0 N–H and O–H groups in total. The van der Waals surface area contributed by atoms with Crippen LogP contribution in [0.4, 0.5) is 9.05 Å². The Morgan fingerprint density at radius 3 is 1.35 bits per heavy atom. The summed E-state index contributed by atoms with van der Waals surface area (Å²) in [6, 6.07) is 0. The summed E-state index contributed by atoms with van der Waals surface area (Å²) in [7, 11) is 0. The van der Waals surface area contributed by atoms with Gasteiger partial charge in [-0.2, -0.15) is 9.78 Å². The van der Waals surface area contributed by atoms with Crippen molar-refractivity contribution in [1.29, 1.82) is 0 Å². The average Bonchev–Trinajstić information content (AvgIpc) is 2.40. The van der Waals surface area contributed by atoms with E-state index in [-0.39, 0.29) is 0 Å². The number of carbonyl (C=O) groups excluding carboxylic acids is 4. The molecule has 0 aliphatic rings. The van der Waals surface area contributed by atoms with Crippen LogP contribution in [-0.2, 0) is 48.9 Å². The van der Waals surface area contributed by atoms with Crippen LogP contribution in [0.25, 0.3) is 0 Å². The summed E-state index contributed by atoms with van der Waals surface area (Å²) < 4.78 is 22.0. The van der Waals surface area contributed by atoms with Crippen LogP contribution in [0.3, 0.4) is 0 Å². The number of rotatable bonds is 10. The van der Waals surface area contributed by atoms with Crippen molar-refractivity contribution in [2.24, 2.45) is 0 Å². The molecule has 0 spiro atoms. The fraction of sp³-hybridized carbons (Fsp3) is 0.500. The van der Waals surface area contributed by atoms with Crippen molar-refractivity contribution >= 4 is 23.5 Å². The second-order valence-corrected chi connectivity index (χ2v) is 2.99. The lowest BCUT2D eigenvalue weighted by molar-refractivity contribution is -0.424. The van der Waals surface area contributed by atoms with Gasteiger partial charge in [0.05, 0.1) is 0 Å². The largest absolute Gasteiger partial charge is 0.363 e. The number of hydrogen-bond acceptors (Lipinski definition) is 10. The smallest absolute Gasteiger partial charge is 0.296 e. The van der Waals surface area contributed by atoms with Crippen molar-refractivity contribution in [3.63, 3.8) is 0 Å². The summed E-state index contributed by atoms with van der Waals surface area (Å²) in [6.45, 7) is -1.72. The van der Waals surface area contributed by atoms with Gasteiger partial charge in [-0.3, -0.25) is 9.59 Å². The second-order valence-electron chi connectivity index (χ2n) is 2.99. The molecule has 12 heteroatoms. The Balaban J connectivity index is 3.80. The van der Waals surface area contributed by atoms with Gasteiger partial charge in [-0.05, 0) is 19.2 Å². The van der Waals surface area contributed by atoms with Crippen LogP contribution in [0.5, 0.6) is 0 Å². The van der Waals surface area contributed by atoms with Crippen molar-refractivity contribution in [3.05, 3.63) is 0 Å². The molecule has 0 saturated carbocycles. The molecule has 114 valence electrons. The van der Waals surface area contributed by atoms with Crippen molar-refractivity contribution < 1.29 is 58.0 Å². The zero-order chi connectivity index (χ0) is 15.4. The average molecular weight is 302 g/mol. The molecule has 0 saturated heterocycles. The van der Waals surface area contributed by atoms with E-state index in [4.69, 9.17) is 0 Å². The molecule has 20 heavy (non-hydrogen) atoms. The highest BCUT2D eigenvalue weighted by molar-refractivity contribution is 5.97. The van der Waals surface area contributed by atoms with Crippen LogP contribution >= 0.6 is 0 Å². The Morgan fingerprint density at radius 2 is 1.05 bits per heavy atom. The van der Waals surface area contributed by atoms with E-state index in [1.54, 1.807) is 0 Å². The van der Waals surface area contributed by atoms with Gasteiger partial charge in [0.1, 0.15) is 26.1 Å². The van der Waals surface area contributed by atoms with Gasteiger partial charge in [0, 0.05) is 0 Å². The van der Waals surface area contributed by atoms with Crippen molar-refractivity contribution in [3.8, 4) is 0 Å². The molecule has 0 radical (unpaired) electrons. The number of hydrogen-bond donors (Lipinski definition) is 0. The van der Waals surface area contributed by atoms with Crippen LogP contribution in [0.2, 0.25) is 0 Å². The molecule has 0 aliphatic carbocycles. The van der Waals surface area contributed by atoms with Crippen LogP contribution in [0.15, 0.2) is 0 Å². The Labute approximate surface area is 109 Å². The molecule has 0 heterocycles. The van der Waals surface area contributed by atoms with Gasteiger partial charge in [-0.1, -0.05) is 0 Å². The molecule has 0 atom stereocenters. The highest BCUT2D eigenvalue weighted by atomic mass is 19.3. The van der Waals surface area contributed by atoms with E-state index in [0.29, 0.717) is 0 Å². The topological polar surface area (TPSA) is 124 Å². The minimum atomic E-state index is -1.29. The molecule has 10 nitrogen and oxygen atoms in total. The zero-order valence-corrected chi connectivity index (χ0v) is 9.67. The third-order valence-electron chi connectivity index (χ3n) is 1.44. The van der Waals surface area contributed by atoms with Gasteiger partial charge >= 0.3 is 11.9 Å². The first-order valence-electron chi connectivity index (χ1n) is 4.73. The maximum absolute atomic E-state index is 11.0. The first kappa shape index (κ1) is 18.0. The van der Waals surface area contributed by atoms with Crippen molar-refractivity contribution in [2.75, 3.05) is 13.2 Å². The predicted molar refractivity (Wildman–Crippen MR) is 47.7 cm³/mol.